The number of aromatic amines is 1. The molecule has 88 valence electrons. The molecule has 0 fully saturated rings. The van der Waals surface area contributed by atoms with E-state index in [1.807, 2.05) is 0 Å². The molecule has 0 saturated carbocycles. The number of halogens is 1. The van der Waals surface area contributed by atoms with E-state index in [0.717, 1.165) is 5.69 Å². The molecule has 1 amide bonds. The second-order valence-corrected chi connectivity index (χ2v) is 4.02. The third kappa shape index (κ3) is 2.45. The number of hydrogen-bond acceptors (Lipinski definition) is 3. The van der Waals surface area contributed by atoms with Gasteiger partial charge in [-0.3, -0.25) is 9.89 Å². The first kappa shape index (κ1) is 11.6. The average molecular weight is 251 g/mol. The fourth-order valence-corrected chi connectivity index (χ4v) is 1.64. The fraction of sp³-hybridized carbons (Fsp3) is 0.182. The fourth-order valence-electron chi connectivity index (χ4n) is 1.53. The molecular weight excluding hydrogens is 240 g/mol. The molecule has 0 bridgehead atoms. The predicted octanol–water partition coefficient (Wildman–Crippen LogP) is 2.33. The topological polar surface area (TPSA) is 70.7 Å². The van der Waals surface area contributed by atoms with Gasteiger partial charge in [-0.05, 0) is 26.0 Å². The Labute approximate surface area is 103 Å². The van der Waals surface area contributed by atoms with Crippen LogP contribution in [0.25, 0.3) is 0 Å². The van der Waals surface area contributed by atoms with E-state index in [1.54, 1.807) is 26.0 Å². The number of H-pyrrole nitrogens is 1. The van der Waals surface area contributed by atoms with Crippen molar-refractivity contribution in [2.75, 3.05) is 5.32 Å². The van der Waals surface area contributed by atoms with Crippen LogP contribution in [0, 0.1) is 13.8 Å². The van der Waals surface area contributed by atoms with Crippen molar-refractivity contribution in [2.45, 2.75) is 13.8 Å². The van der Waals surface area contributed by atoms with Crippen molar-refractivity contribution in [1.82, 2.24) is 15.2 Å². The lowest BCUT2D eigenvalue weighted by Crippen LogP contribution is -2.13. The molecule has 0 radical (unpaired) electrons. The number of amides is 1. The van der Waals surface area contributed by atoms with Crippen molar-refractivity contribution in [3.63, 3.8) is 0 Å². The average Bonchev–Trinajstić information content (AvgIpc) is 2.62. The highest BCUT2D eigenvalue weighted by molar-refractivity contribution is 6.29. The summed E-state index contributed by atoms with van der Waals surface area (Å²) in [5.41, 5.74) is 2.56. The van der Waals surface area contributed by atoms with E-state index >= 15 is 0 Å². The van der Waals surface area contributed by atoms with Crippen LogP contribution >= 0.6 is 11.6 Å². The van der Waals surface area contributed by atoms with Crippen LogP contribution in [0.15, 0.2) is 18.3 Å². The van der Waals surface area contributed by atoms with E-state index in [1.165, 1.54) is 6.20 Å². The van der Waals surface area contributed by atoms with E-state index in [-0.39, 0.29) is 5.91 Å². The summed E-state index contributed by atoms with van der Waals surface area (Å²) in [5.74, 6) is -0.210. The molecule has 0 saturated heterocycles. The lowest BCUT2D eigenvalue weighted by molar-refractivity contribution is 0.102. The van der Waals surface area contributed by atoms with Crippen molar-refractivity contribution in [2.24, 2.45) is 0 Å². The quantitative estimate of drug-likeness (QED) is 0.804. The zero-order chi connectivity index (χ0) is 12.4. The van der Waals surface area contributed by atoms with Crippen molar-refractivity contribution >= 4 is 23.2 Å². The van der Waals surface area contributed by atoms with Gasteiger partial charge < -0.3 is 5.32 Å². The molecule has 2 rings (SSSR count). The van der Waals surface area contributed by atoms with Gasteiger partial charge in [-0.25, -0.2) is 4.98 Å². The Balaban J connectivity index is 2.20. The standard InChI is InChI=1S/C11H11ClN4O/c1-6-10(7(2)16-15-6)11(17)14-8-3-4-9(12)13-5-8/h3-5H,1-2H3,(H,14,17)(H,15,16). The van der Waals surface area contributed by atoms with Crippen molar-refractivity contribution in [3.05, 3.63) is 40.4 Å². The predicted molar refractivity (Wildman–Crippen MR) is 65.3 cm³/mol. The number of anilines is 1. The largest absolute Gasteiger partial charge is 0.320 e. The number of nitrogens with one attached hydrogen (secondary N) is 2. The van der Waals surface area contributed by atoms with Crippen molar-refractivity contribution in [3.8, 4) is 0 Å². The Bertz CT molecular complexity index is 528. The lowest BCUT2D eigenvalue weighted by Gasteiger charge is -2.04. The summed E-state index contributed by atoms with van der Waals surface area (Å²) >= 11 is 5.66. The molecule has 0 aliphatic rings. The molecule has 0 aliphatic carbocycles. The molecule has 2 aromatic rings. The number of hydrogen-bond donors (Lipinski definition) is 2. The third-order valence-electron chi connectivity index (χ3n) is 2.34. The second-order valence-electron chi connectivity index (χ2n) is 3.63. The minimum Gasteiger partial charge on any atom is -0.320 e. The van der Waals surface area contributed by atoms with E-state index < -0.39 is 0 Å². The summed E-state index contributed by atoms with van der Waals surface area (Å²) in [6.07, 6.45) is 1.50. The molecule has 0 spiro atoms. The number of carbonyl (C=O) groups is 1. The lowest BCUT2D eigenvalue weighted by atomic mass is 10.2. The van der Waals surface area contributed by atoms with E-state index in [2.05, 4.69) is 20.5 Å². The molecule has 17 heavy (non-hydrogen) atoms. The Morgan fingerprint density at radius 3 is 2.71 bits per heavy atom. The van der Waals surface area contributed by atoms with Crippen LogP contribution in [0.1, 0.15) is 21.7 Å². The van der Waals surface area contributed by atoms with Gasteiger partial charge in [-0.2, -0.15) is 5.10 Å². The number of carbonyl (C=O) groups excluding carboxylic acids is 1. The maximum atomic E-state index is 12.0. The number of nitrogens with zero attached hydrogens (tertiary/aromatic N) is 2. The van der Waals surface area contributed by atoms with Crippen LogP contribution in [0.4, 0.5) is 5.69 Å². The zero-order valence-electron chi connectivity index (χ0n) is 9.41. The molecule has 0 unspecified atom stereocenters. The summed E-state index contributed by atoms with van der Waals surface area (Å²) in [4.78, 5) is 15.9. The van der Waals surface area contributed by atoms with Crippen molar-refractivity contribution in [1.29, 1.82) is 0 Å². The van der Waals surface area contributed by atoms with E-state index in [9.17, 15) is 4.79 Å². The molecule has 5 nitrogen and oxygen atoms in total. The molecule has 2 aromatic heterocycles. The summed E-state index contributed by atoms with van der Waals surface area (Å²) < 4.78 is 0. The first-order chi connectivity index (χ1) is 8.08. The molecular formula is C11H11ClN4O. The van der Waals surface area contributed by atoms with Crippen LogP contribution in [0.2, 0.25) is 5.15 Å². The Kier molecular flexibility index (Phi) is 3.10. The number of aromatic nitrogens is 3. The Hall–Kier alpha value is -1.88. The first-order valence-corrected chi connectivity index (χ1v) is 5.40. The Morgan fingerprint density at radius 1 is 1.41 bits per heavy atom. The zero-order valence-corrected chi connectivity index (χ0v) is 10.2. The summed E-state index contributed by atoms with van der Waals surface area (Å²) in [6, 6.07) is 3.31. The molecule has 0 aliphatic heterocycles. The highest BCUT2D eigenvalue weighted by Crippen LogP contribution is 2.14. The van der Waals surface area contributed by atoms with Crippen LogP contribution in [-0.4, -0.2) is 21.1 Å². The molecule has 2 N–H and O–H groups in total. The Morgan fingerprint density at radius 2 is 2.18 bits per heavy atom. The SMILES string of the molecule is Cc1n[nH]c(C)c1C(=O)Nc1ccc(Cl)nc1. The molecule has 0 atom stereocenters. The maximum Gasteiger partial charge on any atom is 0.259 e. The number of rotatable bonds is 2. The minimum absolute atomic E-state index is 0.210. The maximum absolute atomic E-state index is 12.0. The summed E-state index contributed by atoms with van der Waals surface area (Å²) in [7, 11) is 0. The molecule has 0 aromatic carbocycles. The van der Waals surface area contributed by atoms with Gasteiger partial charge in [0.1, 0.15) is 5.15 Å². The minimum atomic E-state index is -0.210. The van der Waals surface area contributed by atoms with Gasteiger partial charge in [-0.15, -0.1) is 0 Å². The van der Waals surface area contributed by atoms with Gasteiger partial charge in [0.05, 0.1) is 23.1 Å². The molecule has 2 heterocycles. The normalized spacial score (nSPS) is 10.3. The van der Waals surface area contributed by atoms with Gasteiger partial charge >= 0.3 is 0 Å². The smallest absolute Gasteiger partial charge is 0.259 e. The highest BCUT2D eigenvalue weighted by Gasteiger charge is 2.15. The van der Waals surface area contributed by atoms with Crippen molar-refractivity contribution < 1.29 is 4.79 Å². The first-order valence-electron chi connectivity index (χ1n) is 5.02. The van der Waals surface area contributed by atoms with Gasteiger partial charge in [-0.1, -0.05) is 11.6 Å². The van der Waals surface area contributed by atoms with Crippen LogP contribution in [0.5, 0.6) is 0 Å². The van der Waals surface area contributed by atoms with Gasteiger partial charge in [0, 0.05) is 5.69 Å². The molecule has 6 heteroatoms. The third-order valence-corrected chi connectivity index (χ3v) is 2.56. The summed E-state index contributed by atoms with van der Waals surface area (Å²) in [5, 5.41) is 9.86. The van der Waals surface area contributed by atoms with Gasteiger partial charge in [0.15, 0.2) is 0 Å². The second kappa shape index (κ2) is 4.55. The monoisotopic (exact) mass is 250 g/mol. The van der Waals surface area contributed by atoms with Crippen LogP contribution in [-0.2, 0) is 0 Å². The number of pyridine rings is 1. The summed E-state index contributed by atoms with van der Waals surface area (Å²) in [6.45, 7) is 3.58. The van der Waals surface area contributed by atoms with Gasteiger partial charge in [0.2, 0.25) is 0 Å². The highest BCUT2D eigenvalue weighted by atomic mass is 35.5. The van der Waals surface area contributed by atoms with E-state index in [0.29, 0.717) is 22.1 Å². The number of aryl methyl sites for hydroxylation is 2. The van der Waals surface area contributed by atoms with Gasteiger partial charge in [0.25, 0.3) is 5.91 Å². The van der Waals surface area contributed by atoms with Crippen LogP contribution < -0.4 is 5.32 Å². The van der Waals surface area contributed by atoms with Crippen LogP contribution in [0.3, 0.4) is 0 Å². The van der Waals surface area contributed by atoms with E-state index in [4.69, 9.17) is 11.6 Å².